The number of hydrogen-bond acceptors (Lipinski definition) is 2. The fourth-order valence-corrected chi connectivity index (χ4v) is 5.13. The zero-order chi connectivity index (χ0) is 15.1. The van der Waals surface area contributed by atoms with Gasteiger partial charge in [0.15, 0.2) is 0 Å². The lowest BCUT2D eigenvalue weighted by molar-refractivity contribution is 0.0600. The minimum absolute atomic E-state index is 0.275. The van der Waals surface area contributed by atoms with Crippen LogP contribution in [0.15, 0.2) is 12.1 Å². The van der Waals surface area contributed by atoms with Crippen molar-refractivity contribution in [2.75, 3.05) is 6.26 Å². The lowest BCUT2D eigenvalue weighted by Gasteiger charge is -2.39. The second-order valence-corrected chi connectivity index (χ2v) is 7.84. The van der Waals surface area contributed by atoms with Crippen LogP contribution in [0.2, 0.25) is 0 Å². The van der Waals surface area contributed by atoms with Gasteiger partial charge < -0.3 is 4.90 Å². The summed E-state index contributed by atoms with van der Waals surface area (Å²) in [5, 5.41) is 0.742. The second-order valence-electron chi connectivity index (χ2n) is 6.70. The normalized spacial score (nSPS) is 28.0. The number of thioether (sulfide) groups is 1. The number of rotatable bonds is 2. The van der Waals surface area contributed by atoms with E-state index in [0.717, 1.165) is 21.9 Å². The molecule has 0 spiro atoms. The van der Waals surface area contributed by atoms with Crippen LogP contribution in [-0.4, -0.2) is 34.4 Å². The molecule has 1 amide bonds. The molecule has 2 aliphatic heterocycles. The van der Waals surface area contributed by atoms with Gasteiger partial charge in [0.2, 0.25) is 0 Å². The molecular weight excluding hydrogens is 278 g/mol. The lowest BCUT2D eigenvalue weighted by atomic mass is 9.95. The van der Waals surface area contributed by atoms with Gasteiger partial charge in [0, 0.05) is 22.9 Å². The number of nitrogens with zero attached hydrogens (tertiary/aromatic N) is 1. The fourth-order valence-electron chi connectivity index (χ4n) is 4.30. The molecule has 114 valence electrons. The zero-order valence-corrected chi connectivity index (χ0v) is 14.3. The Labute approximate surface area is 132 Å². The lowest BCUT2D eigenvalue weighted by Crippen LogP contribution is -2.47. The molecule has 0 aliphatic carbocycles. The van der Waals surface area contributed by atoms with E-state index in [0.29, 0.717) is 12.1 Å². The average Bonchev–Trinajstić information content (AvgIpc) is 2.68. The molecule has 2 atom stereocenters. The first-order valence-corrected chi connectivity index (χ1v) is 9.23. The first-order chi connectivity index (χ1) is 10.0. The third-order valence-corrected chi connectivity index (χ3v) is 6.20. The molecule has 3 heteroatoms. The van der Waals surface area contributed by atoms with Crippen LogP contribution < -0.4 is 0 Å². The van der Waals surface area contributed by atoms with Crippen LogP contribution in [0.1, 0.15) is 52.7 Å². The van der Waals surface area contributed by atoms with Gasteiger partial charge in [-0.15, -0.1) is 0 Å². The quantitative estimate of drug-likeness (QED) is 0.819. The van der Waals surface area contributed by atoms with E-state index in [9.17, 15) is 4.79 Å². The Morgan fingerprint density at radius 3 is 2.10 bits per heavy atom. The number of hydrogen-bond donors (Lipinski definition) is 0. The monoisotopic (exact) mass is 303 g/mol. The Morgan fingerprint density at radius 1 is 1.10 bits per heavy atom. The molecule has 21 heavy (non-hydrogen) atoms. The van der Waals surface area contributed by atoms with E-state index in [4.69, 9.17) is 0 Å². The molecule has 0 N–H and O–H groups in total. The van der Waals surface area contributed by atoms with Crippen LogP contribution in [0, 0.1) is 20.8 Å². The molecule has 2 aliphatic rings. The van der Waals surface area contributed by atoms with Crippen LogP contribution in [-0.2, 0) is 0 Å². The van der Waals surface area contributed by atoms with Gasteiger partial charge in [0.1, 0.15) is 0 Å². The number of carbonyl (C=O) groups is 1. The van der Waals surface area contributed by atoms with Crippen LogP contribution in [0.4, 0.5) is 0 Å². The number of amides is 1. The van der Waals surface area contributed by atoms with Gasteiger partial charge in [0.05, 0.1) is 0 Å². The summed E-state index contributed by atoms with van der Waals surface area (Å²) >= 11 is 1.97. The van der Waals surface area contributed by atoms with Crippen molar-refractivity contribution >= 4 is 17.7 Å². The van der Waals surface area contributed by atoms with Crippen molar-refractivity contribution in [3.05, 3.63) is 34.4 Å². The third-order valence-electron chi connectivity index (χ3n) is 5.15. The summed E-state index contributed by atoms with van der Waals surface area (Å²) in [5.41, 5.74) is 4.44. The molecule has 2 unspecified atom stereocenters. The molecular formula is C18H25NOS. The Balaban J connectivity index is 1.90. The standard InChI is InChI=1S/C18H25NOS/c1-11-7-12(2)17(13(3)8-11)18(20)19-14-5-6-15(19)10-16(9-14)21-4/h7-8,14-16H,5-6,9-10H2,1-4H3. The first kappa shape index (κ1) is 15.0. The minimum atomic E-state index is 0.275. The molecule has 2 nitrogen and oxygen atoms in total. The maximum absolute atomic E-state index is 13.1. The highest BCUT2D eigenvalue weighted by molar-refractivity contribution is 7.99. The molecule has 1 aromatic rings. The largest absolute Gasteiger partial charge is 0.333 e. The summed E-state index contributed by atoms with van der Waals surface area (Å²) in [6, 6.07) is 5.20. The van der Waals surface area contributed by atoms with E-state index in [1.807, 2.05) is 11.8 Å². The maximum atomic E-state index is 13.1. The van der Waals surface area contributed by atoms with Crippen molar-refractivity contribution in [2.45, 2.75) is 63.8 Å². The molecule has 3 rings (SSSR count). The number of benzene rings is 1. The highest BCUT2D eigenvalue weighted by atomic mass is 32.2. The van der Waals surface area contributed by atoms with Crippen molar-refractivity contribution in [1.29, 1.82) is 0 Å². The summed E-state index contributed by atoms with van der Waals surface area (Å²) < 4.78 is 0. The van der Waals surface area contributed by atoms with Gasteiger partial charge in [-0.05, 0) is 63.8 Å². The van der Waals surface area contributed by atoms with E-state index in [1.54, 1.807) is 0 Å². The molecule has 1 aromatic carbocycles. The Kier molecular flexibility index (Phi) is 4.04. The van der Waals surface area contributed by atoms with Crippen molar-refractivity contribution in [3.8, 4) is 0 Å². The predicted molar refractivity (Wildman–Crippen MR) is 90.2 cm³/mol. The zero-order valence-electron chi connectivity index (χ0n) is 13.5. The molecule has 2 heterocycles. The van der Waals surface area contributed by atoms with Crippen LogP contribution in [0.3, 0.4) is 0 Å². The second kappa shape index (κ2) is 5.68. The summed E-state index contributed by atoms with van der Waals surface area (Å²) in [7, 11) is 0. The van der Waals surface area contributed by atoms with Gasteiger partial charge in [0.25, 0.3) is 5.91 Å². The van der Waals surface area contributed by atoms with Gasteiger partial charge in [-0.1, -0.05) is 17.7 Å². The van der Waals surface area contributed by atoms with Crippen molar-refractivity contribution in [1.82, 2.24) is 4.90 Å². The maximum Gasteiger partial charge on any atom is 0.254 e. The minimum Gasteiger partial charge on any atom is -0.333 e. The fraction of sp³-hybridized carbons (Fsp3) is 0.611. The van der Waals surface area contributed by atoms with Crippen molar-refractivity contribution in [2.24, 2.45) is 0 Å². The highest BCUT2D eigenvalue weighted by Crippen LogP contribution is 2.40. The number of aryl methyl sites for hydroxylation is 3. The van der Waals surface area contributed by atoms with E-state index < -0.39 is 0 Å². The van der Waals surface area contributed by atoms with Gasteiger partial charge >= 0.3 is 0 Å². The molecule has 0 radical (unpaired) electrons. The Bertz CT molecular complexity index is 531. The highest BCUT2D eigenvalue weighted by Gasteiger charge is 2.43. The number of carbonyl (C=O) groups excluding carboxylic acids is 1. The molecule has 2 fully saturated rings. The molecule has 0 aromatic heterocycles. The summed E-state index contributed by atoms with van der Waals surface area (Å²) in [4.78, 5) is 15.3. The van der Waals surface area contributed by atoms with Crippen LogP contribution in [0.25, 0.3) is 0 Å². The summed E-state index contributed by atoms with van der Waals surface area (Å²) in [6.45, 7) is 6.25. The van der Waals surface area contributed by atoms with Crippen LogP contribution in [0.5, 0.6) is 0 Å². The average molecular weight is 303 g/mol. The molecule has 0 saturated carbocycles. The van der Waals surface area contributed by atoms with Crippen LogP contribution >= 0.6 is 11.8 Å². The summed E-state index contributed by atoms with van der Waals surface area (Å²) in [6.07, 6.45) is 6.94. The molecule has 2 bridgehead atoms. The Morgan fingerprint density at radius 2 is 1.62 bits per heavy atom. The molecule has 2 saturated heterocycles. The number of piperidine rings is 1. The topological polar surface area (TPSA) is 20.3 Å². The van der Waals surface area contributed by atoms with Crippen molar-refractivity contribution < 1.29 is 4.79 Å². The first-order valence-electron chi connectivity index (χ1n) is 7.94. The van der Waals surface area contributed by atoms with Crippen molar-refractivity contribution in [3.63, 3.8) is 0 Å². The summed E-state index contributed by atoms with van der Waals surface area (Å²) in [5.74, 6) is 0.275. The van der Waals surface area contributed by atoms with E-state index in [-0.39, 0.29) is 5.91 Å². The van der Waals surface area contributed by atoms with E-state index in [1.165, 1.54) is 31.2 Å². The van der Waals surface area contributed by atoms with Gasteiger partial charge in [-0.25, -0.2) is 0 Å². The number of fused-ring (bicyclic) bond motifs is 2. The smallest absolute Gasteiger partial charge is 0.254 e. The van der Waals surface area contributed by atoms with Gasteiger partial charge in [-0.3, -0.25) is 4.79 Å². The predicted octanol–water partition coefficient (Wildman–Crippen LogP) is 4.11. The Hall–Kier alpha value is -0.960. The SMILES string of the molecule is CSC1CC2CCC(C1)N2C(=O)c1c(C)cc(C)cc1C. The van der Waals surface area contributed by atoms with E-state index >= 15 is 0 Å². The van der Waals surface area contributed by atoms with E-state index in [2.05, 4.69) is 44.1 Å². The van der Waals surface area contributed by atoms with Gasteiger partial charge in [-0.2, -0.15) is 11.8 Å². The third kappa shape index (κ3) is 2.61.